The number of halogens is 3. The molecule has 2 heterocycles. The first-order valence-corrected chi connectivity index (χ1v) is 5.24. The van der Waals surface area contributed by atoms with E-state index in [1.54, 1.807) is 6.92 Å². The maximum absolute atomic E-state index is 12.5. The van der Waals surface area contributed by atoms with E-state index >= 15 is 0 Å². The molecule has 88 valence electrons. The van der Waals surface area contributed by atoms with Gasteiger partial charge in [0, 0.05) is 12.5 Å². The predicted molar refractivity (Wildman–Crippen MR) is 51.1 cm³/mol. The Labute approximate surface area is 92.1 Å². The third-order valence-electron chi connectivity index (χ3n) is 2.04. The summed E-state index contributed by atoms with van der Waals surface area (Å²) in [5, 5.41) is 10.8. The van der Waals surface area contributed by atoms with Gasteiger partial charge in [0.1, 0.15) is 5.01 Å². The maximum Gasteiger partial charge on any atom is 0.453 e. The number of hydrogen-bond acceptors (Lipinski definition) is 5. The lowest BCUT2D eigenvalue weighted by Crippen LogP contribution is -2.13. The average molecular weight is 251 g/mol. The second-order valence-electron chi connectivity index (χ2n) is 3.29. The second-order valence-corrected chi connectivity index (χ2v) is 4.28. The van der Waals surface area contributed by atoms with Gasteiger partial charge in [-0.2, -0.15) is 22.8 Å². The molecule has 0 radical (unpaired) electrons. The molecule has 0 aliphatic rings. The largest absolute Gasteiger partial charge is 0.453 e. The van der Waals surface area contributed by atoms with Gasteiger partial charge >= 0.3 is 6.18 Å². The van der Waals surface area contributed by atoms with Gasteiger partial charge in [0.15, 0.2) is 0 Å². The van der Waals surface area contributed by atoms with Gasteiger partial charge in [-0.25, -0.2) is 0 Å². The number of rotatable bonds is 2. The smallest absolute Gasteiger partial charge is 0.330 e. The molecule has 0 spiro atoms. The van der Waals surface area contributed by atoms with Crippen molar-refractivity contribution in [3.63, 3.8) is 0 Å². The molecule has 2 aromatic rings. The van der Waals surface area contributed by atoms with Crippen LogP contribution in [0, 0.1) is 0 Å². The number of fused-ring (bicyclic) bond motifs is 1. The van der Waals surface area contributed by atoms with Crippen molar-refractivity contribution < 1.29 is 13.2 Å². The van der Waals surface area contributed by atoms with Gasteiger partial charge in [0.25, 0.3) is 5.82 Å². The van der Waals surface area contributed by atoms with Gasteiger partial charge in [-0.1, -0.05) is 18.3 Å². The third kappa shape index (κ3) is 1.76. The molecule has 2 aromatic heterocycles. The molecular formula is C7H8F3N5S. The molecule has 16 heavy (non-hydrogen) atoms. The Morgan fingerprint density at radius 2 is 2.12 bits per heavy atom. The van der Waals surface area contributed by atoms with Crippen LogP contribution in [0.25, 0.3) is 4.96 Å². The third-order valence-corrected chi connectivity index (χ3v) is 3.17. The Kier molecular flexibility index (Phi) is 2.58. The molecule has 1 atom stereocenters. The average Bonchev–Trinajstić information content (AvgIpc) is 2.72. The van der Waals surface area contributed by atoms with Gasteiger partial charge in [-0.15, -0.1) is 10.2 Å². The Balaban J connectivity index is 2.52. The van der Waals surface area contributed by atoms with E-state index in [2.05, 4.69) is 15.3 Å². The van der Waals surface area contributed by atoms with Crippen LogP contribution in [0.2, 0.25) is 0 Å². The first-order valence-electron chi connectivity index (χ1n) is 4.43. The fourth-order valence-electron chi connectivity index (χ4n) is 1.11. The van der Waals surface area contributed by atoms with Gasteiger partial charge < -0.3 is 5.73 Å². The van der Waals surface area contributed by atoms with Crippen LogP contribution < -0.4 is 5.73 Å². The fourth-order valence-corrected chi connectivity index (χ4v) is 2.01. The summed E-state index contributed by atoms with van der Waals surface area (Å²) in [6.07, 6.45) is -4.54. The highest BCUT2D eigenvalue weighted by atomic mass is 32.1. The summed E-state index contributed by atoms with van der Waals surface area (Å²) < 4.78 is 38.1. The van der Waals surface area contributed by atoms with E-state index in [9.17, 15) is 13.2 Å². The van der Waals surface area contributed by atoms with Crippen molar-refractivity contribution in [3.8, 4) is 0 Å². The molecule has 2 N–H and O–H groups in total. The molecule has 0 amide bonds. The summed E-state index contributed by atoms with van der Waals surface area (Å²) in [6.45, 7) is 2.12. The Morgan fingerprint density at radius 3 is 2.69 bits per heavy atom. The summed E-state index contributed by atoms with van der Waals surface area (Å²) >= 11 is 1.07. The minimum Gasteiger partial charge on any atom is -0.330 e. The van der Waals surface area contributed by atoms with Crippen LogP contribution in [-0.2, 0) is 6.18 Å². The molecule has 0 aliphatic heterocycles. The van der Waals surface area contributed by atoms with E-state index in [0.717, 1.165) is 11.3 Å². The number of nitrogens with zero attached hydrogens (tertiary/aromatic N) is 4. The topological polar surface area (TPSA) is 69.1 Å². The van der Waals surface area contributed by atoms with Gasteiger partial charge in [-0.3, -0.25) is 0 Å². The van der Waals surface area contributed by atoms with E-state index in [0.29, 0.717) is 16.1 Å². The zero-order valence-corrected chi connectivity index (χ0v) is 9.01. The Bertz CT molecular complexity index is 502. The van der Waals surface area contributed by atoms with Crippen LogP contribution in [-0.4, -0.2) is 26.4 Å². The van der Waals surface area contributed by atoms with E-state index in [-0.39, 0.29) is 10.9 Å². The summed E-state index contributed by atoms with van der Waals surface area (Å²) in [5.74, 6) is -1.19. The highest BCUT2D eigenvalue weighted by Gasteiger charge is 2.38. The monoisotopic (exact) mass is 251 g/mol. The van der Waals surface area contributed by atoms with E-state index in [1.165, 1.54) is 0 Å². The SMILES string of the molecule is CC(CN)c1nn2c(C(F)(F)F)nnc2s1. The van der Waals surface area contributed by atoms with E-state index in [1.807, 2.05) is 0 Å². The van der Waals surface area contributed by atoms with Gasteiger partial charge in [0.05, 0.1) is 0 Å². The predicted octanol–water partition coefficient (Wildman–Crippen LogP) is 1.27. The summed E-state index contributed by atoms with van der Waals surface area (Å²) in [6, 6.07) is 0. The molecular weight excluding hydrogens is 243 g/mol. The lowest BCUT2D eigenvalue weighted by molar-refractivity contribution is -0.146. The number of alkyl halides is 3. The molecule has 0 saturated carbocycles. The van der Waals surface area contributed by atoms with Crippen molar-refractivity contribution in [2.45, 2.75) is 19.0 Å². The maximum atomic E-state index is 12.5. The summed E-state index contributed by atoms with van der Waals surface area (Å²) in [7, 11) is 0. The zero-order chi connectivity index (χ0) is 11.9. The Hall–Kier alpha value is -1.22. The molecule has 0 aliphatic carbocycles. The number of nitrogens with two attached hydrogens (primary N) is 1. The molecule has 1 unspecified atom stereocenters. The highest BCUT2D eigenvalue weighted by molar-refractivity contribution is 7.16. The molecule has 2 rings (SSSR count). The van der Waals surface area contributed by atoms with Crippen molar-refractivity contribution >= 4 is 16.3 Å². The first-order chi connectivity index (χ1) is 7.43. The minimum absolute atomic E-state index is 0.0900. The van der Waals surface area contributed by atoms with Crippen molar-refractivity contribution in [3.05, 3.63) is 10.8 Å². The van der Waals surface area contributed by atoms with Crippen LogP contribution in [0.4, 0.5) is 13.2 Å². The molecule has 5 nitrogen and oxygen atoms in total. The van der Waals surface area contributed by atoms with Crippen LogP contribution in [0.3, 0.4) is 0 Å². The van der Waals surface area contributed by atoms with Crippen LogP contribution >= 0.6 is 11.3 Å². The number of hydrogen-bond donors (Lipinski definition) is 1. The van der Waals surface area contributed by atoms with Crippen molar-refractivity contribution in [2.75, 3.05) is 6.54 Å². The standard InChI is InChI=1S/C7H8F3N5S/c1-3(2-11)4-14-15-5(7(8,9)10)12-13-6(15)16-4/h3H,2,11H2,1H3. The highest BCUT2D eigenvalue weighted by Crippen LogP contribution is 2.30. The van der Waals surface area contributed by atoms with Crippen molar-refractivity contribution in [1.29, 1.82) is 0 Å². The molecule has 0 fully saturated rings. The normalized spacial score (nSPS) is 14.6. The van der Waals surface area contributed by atoms with Crippen LogP contribution in [0.1, 0.15) is 23.7 Å². The number of aromatic nitrogens is 4. The summed E-state index contributed by atoms with van der Waals surface area (Å²) in [5.41, 5.74) is 5.42. The van der Waals surface area contributed by atoms with Crippen molar-refractivity contribution in [2.24, 2.45) is 5.73 Å². The lowest BCUT2D eigenvalue weighted by atomic mass is 10.2. The molecule has 0 aromatic carbocycles. The minimum atomic E-state index is -4.54. The molecule has 0 saturated heterocycles. The zero-order valence-electron chi connectivity index (χ0n) is 8.19. The van der Waals surface area contributed by atoms with E-state index in [4.69, 9.17) is 5.73 Å². The molecule has 0 bridgehead atoms. The van der Waals surface area contributed by atoms with Gasteiger partial charge in [-0.05, 0) is 0 Å². The van der Waals surface area contributed by atoms with E-state index < -0.39 is 12.0 Å². The second kappa shape index (κ2) is 3.67. The van der Waals surface area contributed by atoms with Crippen LogP contribution in [0.15, 0.2) is 0 Å². The van der Waals surface area contributed by atoms with Crippen LogP contribution in [0.5, 0.6) is 0 Å². The summed E-state index contributed by atoms with van der Waals surface area (Å²) in [4.78, 5) is 0.127. The first kappa shape index (κ1) is 11.3. The van der Waals surface area contributed by atoms with Gasteiger partial charge in [0.2, 0.25) is 4.96 Å². The fraction of sp³-hybridized carbons (Fsp3) is 0.571. The molecule has 9 heteroatoms. The lowest BCUT2D eigenvalue weighted by Gasteiger charge is -2.02. The van der Waals surface area contributed by atoms with Crippen molar-refractivity contribution in [1.82, 2.24) is 19.8 Å². The Morgan fingerprint density at radius 1 is 1.44 bits per heavy atom. The quantitative estimate of drug-likeness (QED) is 0.872.